The fourth-order valence-corrected chi connectivity index (χ4v) is 7.48. The highest BCUT2D eigenvalue weighted by Gasteiger charge is 2.35. The SMILES string of the molecule is CC[C@@H]1CN(Cc2cc(C(CC(=O)NCC(=O)NC(C)C)c3ccc4c(nnn4CC)c3C)ccc2C)S(=O)(=O)c2cccnc2O1. The first-order chi connectivity index (χ1) is 22.4. The Bertz CT molecular complexity index is 1890. The summed E-state index contributed by atoms with van der Waals surface area (Å²) in [5, 5.41) is 14.3. The molecule has 0 spiro atoms. The Balaban J connectivity index is 1.52. The number of ether oxygens (including phenoxy) is 1. The highest BCUT2D eigenvalue weighted by molar-refractivity contribution is 7.89. The molecule has 0 aliphatic carbocycles. The number of fused-ring (bicyclic) bond motifs is 2. The van der Waals surface area contributed by atoms with E-state index < -0.39 is 15.9 Å². The van der Waals surface area contributed by atoms with E-state index in [1.165, 1.54) is 16.6 Å². The fourth-order valence-electron chi connectivity index (χ4n) is 5.96. The number of hydrogen-bond donors (Lipinski definition) is 2. The van der Waals surface area contributed by atoms with Gasteiger partial charge in [0.15, 0.2) is 0 Å². The minimum Gasteiger partial charge on any atom is -0.472 e. The quantitative estimate of drug-likeness (QED) is 0.245. The predicted molar refractivity (Wildman–Crippen MR) is 178 cm³/mol. The molecular formula is C34H43N7O5S. The van der Waals surface area contributed by atoms with Crippen molar-refractivity contribution in [3.8, 4) is 5.88 Å². The third-order valence-corrected chi connectivity index (χ3v) is 10.4. The first-order valence-corrected chi connectivity index (χ1v) is 17.5. The van der Waals surface area contributed by atoms with Crippen LogP contribution < -0.4 is 15.4 Å². The molecule has 250 valence electrons. The summed E-state index contributed by atoms with van der Waals surface area (Å²) in [6, 6.07) is 13.0. The second-order valence-electron chi connectivity index (χ2n) is 12.2. The van der Waals surface area contributed by atoms with Gasteiger partial charge in [-0.25, -0.2) is 18.1 Å². The van der Waals surface area contributed by atoms with Gasteiger partial charge in [-0.1, -0.05) is 36.4 Å². The van der Waals surface area contributed by atoms with Crippen LogP contribution in [0.5, 0.6) is 5.88 Å². The molecule has 5 rings (SSSR count). The summed E-state index contributed by atoms with van der Waals surface area (Å²) < 4.78 is 37.1. The Morgan fingerprint density at radius 3 is 2.60 bits per heavy atom. The molecule has 1 aliphatic heterocycles. The van der Waals surface area contributed by atoms with Crippen molar-refractivity contribution in [1.29, 1.82) is 0 Å². The number of hydrogen-bond acceptors (Lipinski definition) is 8. The maximum absolute atomic E-state index is 13.9. The first-order valence-electron chi connectivity index (χ1n) is 16.0. The van der Waals surface area contributed by atoms with Crippen LogP contribution in [0.25, 0.3) is 11.0 Å². The van der Waals surface area contributed by atoms with Crippen LogP contribution in [0.1, 0.15) is 74.3 Å². The van der Waals surface area contributed by atoms with E-state index in [4.69, 9.17) is 4.74 Å². The Labute approximate surface area is 275 Å². The average Bonchev–Trinajstić information content (AvgIpc) is 3.43. The largest absolute Gasteiger partial charge is 0.472 e. The number of aryl methyl sites for hydroxylation is 3. The lowest BCUT2D eigenvalue weighted by molar-refractivity contribution is -0.126. The summed E-state index contributed by atoms with van der Waals surface area (Å²) in [6.45, 7) is 12.4. The van der Waals surface area contributed by atoms with Crippen molar-refractivity contribution in [1.82, 2.24) is 34.9 Å². The standard InChI is InChI=1S/C34H43N7O5S/c1-7-26-20-40(47(44,45)30-10-9-15-35-34(30)46-26)19-25-16-24(12-11-22(25)5)28(17-31(42)36-18-32(43)37-21(3)4)27-13-14-29-33(23(27)6)38-39-41(29)8-2/h9-16,21,26,28H,7-8,17-20H2,1-6H3,(H,36,42)(H,37,43)/t26-,28?/m1/s1. The maximum Gasteiger partial charge on any atom is 0.248 e. The van der Waals surface area contributed by atoms with Gasteiger partial charge in [0.25, 0.3) is 0 Å². The van der Waals surface area contributed by atoms with Crippen molar-refractivity contribution in [2.75, 3.05) is 13.1 Å². The Morgan fingerprint density at radius 2 is 1.87 bits per heavy atom. The Morgan fingerprint density at radius 1 is 1.09 bits per heavy atom. The molecular weight excluding hydrogens is 618 g/mol. The molecule has 0 bridgehead atoms. The van der Waals surface area contributed by atoms with Gasteiger partial charge < -0.3 is 15.4 Å². The number of carbonyl (C=O) groups excluding carboxylic acids is 2. The smallest absolute Gasteiger partial charge is 0.248 e. The summed E-state index contributed by atoms with van der Waals surface area (Å²) in [7, 11) is -3.91. The highest BCUT2D eigenvalue weighted by Crippen LogP contribution is 2.36. The molecule has 2 aromatic heterocycles. The minimum atomic E-state index is -3.91. The normalized spacial score (nSPS) is 16.7. The Hall–Kier alpha value is -4.36. The number of rotatable bonds is 11. The van der Waals surface area contributed by atoms with Gasteiger partial charge in [0.2, 0.25) is 27.7 Å². The fraction of sp³-hybridized carbons (Fsp3) is 0.441. The zero-order valence-corrected chi connectivity index (χ0v) is 28.6. The van der Waals surface area contributed by atoms with Crippen LogP contribution in [0.15, 0.2) is 53.6 Å². The molecule has 2 amide bonds. The number of nitrogens with zero attached hydrogens (tertiary/aromatic N) is 5. The molecule has 1 unspecified atom stereocenters. The summed E-state index contributed by atoms with van der Waals surface area (Å²) in [5.41, 5.74) is 6.04. The number of pyridine rings is 1. The molecule has 12 nitrogen and oxygen atoms in total. The molecule has 2 N–H and O–H groups in total. The van der Waals surface area contributed by atoms with Crippen LogP contribution in [-0.2, 0) is 32.7 Å². The van der Waals surface area contributed by atoms with Gasteiger partial charge in [0.1, 0.15) is 16.5 Å². The van der Waals surface area contributed by atoms with E-state index in [1.54, 1.807) is 6.07 Å². The zero-order chi connectivity index (χ0) is 33.9. The molecule has 4 aromatic rings. The summed E-state index contributed by atoms with van der Waals surface area (Å²) in [4.78, 5) is 29.9. The molecule has 3 heterocycles. The number of benzene rings is 2. The van der Waals surface area contributed by atoms with Gasteiger partial charge in [-0.3, -0.25) is 9.59 Å². The molecule has 0 fully saturated rings. The molecule has 0 saturated heterocycles. The van der Waals surface area contributed by atoms with Gasteiger partial charge in [-0.2, -0.15) is 4.31 Å². The van der Waals surface area contributed by atoms with Crippen molar-refractivity contribution < 1.29 is 22.7 Å². The van der Waals surface area contributed by atoms with Crippen LogP contribution in [-0.4, -0.2) is 69.8 Å². The number of aromatic nitrogens is 4. The topological polar surface area (TPSA) is 148 Å². The molecule has 13 heteroatoms. The highest BCUT2D eigenvalue weighted by atomic mass is 32.2. The van der Waals surface area contributed by atoms with E-state index in [-0.39, 0.29) is 60.8 Å². The van der Waals surface area contributed by atoms with Crippen molar-refractivity contribution in [2.45, 2.75) is 90.4 Å². The lowest BCUT2D eigenvalue weighted by Gasteiger charge is -2.25. The average molecular weight is 662 g/mol. The Kier molecular flexibility index (Phi) is 10.3. The number of amides is 2. The molecule has 2 aromatic carbocycles. The van der Waals surface area contributed by atoms with Gasteiger partial charge in [-0.05, 0) is 87.1 Å². The van der Waals surface area contributed by atoms with E-state index in [9.17, 15) is 18.0 Å². The van der Waals surface area contributed by atoms with Crippen LogP contribution in [0.4, 0.5) is 0 Å². The third-order valence-electron chi connectivity index (χ3n) is 8.56. The molecule has 47 heavy (non-hydrogen) atoms. The van der Waals surface area contributed by atoms with Gasteiger partial charge in [0.05, 0.1) is 18.6 Å². The van der Waals surface area contributed by atoms with Gasteiger partial charge in [0, 0.05) is 37.7 Å². The first kappa shape index (κ1) is 34.0. The van der Waals surface area contributed by atoms with Crippen molar-refractivity contribution in [3.05, 3.63) is 76.5 Å². The second-order valence-corrected chi connectivity index (χ2v) is 14.2. The minimum absolute atomic E-state index is 0.0408. The van der Waals surface area contributed by atoms with E-state index >= 15 is 0 Å². The third kappa shape index (κ3) is 7.31. The van der Waals surface area contributed by atoms with Crippen molar-refractivity contribution >= 4 is 32.9 Å². The van der Waals surface area contributed by atoms with Crippen LogP contribution in [0, 0.1) is 13.8 Å². The van der Waals surface area contributed by atoms with Crippen LogP contribution in [0.2, 0.25) is 0 Å². The number of sulfonamides is 1. The number of carbonyl (C=O) groups is 2. The molecule has 0 saturated carbocycles. The number of nitrogens with one attached hydrogen (secondary N) is 2. The lowest BCUT2D eigenvalue weighted by atomic mass is 9.84. The van der Waals surface area contributed by atoms with Crippen molar-refractivity contribution in [2.24, 2.45) is 0 Å². The van der Waals surface area contributed by atoms with E-state index in [2.05, 4.69) is 25.9 Å². The molecule has 0 radical (unpaired) electrons. The molecule has 1 aliphatic rings. The maximum atomic E-state index is 13.9. The van der Waals surface area contributed by atoms with Gasteiger partial charge in [-0.15, -0.1) is 5.10 Å². The zero-order valence-electron chi connectivity index (χ0n) is 27.8. The van der Waals surface area contributed by atoms with E-state index in [1.807, 2.05) is 76.6 Å². The summed E-state index contributed by atoms with van der Waals surface area (Å²) in [6.07, 6.45) is 1.84. The summed E-state index contributed by atoms with van der Waals surface area (Å²) >= 11 is 0. The van der Waals surface area contributed by atoms with E-state index in [0.29, 0.717) is 13.0 Å². The predicted octanol–water partition coefficient (Wildman–Crippen LogP) is 3.99. The van der Waals surface area contributed by atoms with Gasteiger partial charge >= 0.3 is 0 Å². The second kappa shape index (κ2) is 14.2. The van der Waals surface area contributed by atoms with Crippen LogP contribution in [0.3, 0.4) is 0 Å². The monoisotopic (exact) mass is 661 g/mol. The van der Waals surface area contributed by atoms with Crippen LogP contribution >= 0.6 is 0 Å². The van der Waals surface area contributed by atoms with Crippen molar-refractivity contribution in [3.63, 3.8) is 0 Å². The lowest BCUT2D eigenvalue weighted by Crippen LogP contribution is -2.40. The summed E-state index contributed by atoms with van der Waals surface area (Å²) in [5.74, 6) is -0.835. The molecule has 2 atom stereocenters. The van der Waals surface area contributed by atoms with E-state index in [0.717, 1.165) is 38.9 Å².